The van der Waals surface area contributed by atoms with Gasteiger partial charge in [-0.2, -0.15) is 9.97 Å². The first kappa shape index (κ1) is 22.2. The molecule has 4 fully saturated rings. The third-order valence-electron chi connectivity index (χ3n) is 7.60. The Bertz CT molecular complexity index is 956. The normalized spacial score (nSPS) is 25.5. The molecule has 1 unspecified atom stereocenters. The van der Waals surface area contributed by atoms with Crippen LogP contribution in [0.3, 0.4) is 0 Å². The van der Waals surface area contributed by atoms with Crippen LogP contribution < -0.4 is 20.7 Å². The maximum atomic E-state index is 14.2. The second kappa shape index (κ2) is 9.71. The Morgan fingerprint density at radius 3 is 2.45 bits per heavy atom. The van der Waals surface area contributed by atoms with Crippen molar-refractivity contribution in [1.29, 1.82) is 0 Å². The number of nitrogens with two attached hydrogens (primary N) is 1. The van der Waals surface area contributed by atoms with Gasteiger partial charge in [-0.25, -0.2) is 4.39 Å². The molecule has 4 heterocycles. The van der Waals surface area contributed by atoms with E-state index in [0.717, 1.165) is 12.4 Å². The summed E-state index contributed by atoms with van der Waals surface area (Å²) in [7, 11) is 1.45. The minimum Gasteiger partial charge on any atom is -0.494 e. The lowest BCUT2D eigenvalue weighted by atomic mass is 9.82. The summed E-state index contributed by atoms with van der Waals surface area (Å²) in [6.45, 7) is 3.51. The largest absolute Gasteiger partial charge is 0.494 e. The first-order valence-electron chi connectivity index (χ1n) is 12.4. The van der Waals surface area contributed by atoms with Crippen molar-refractivity contribution in [3.8, 4) is 5.75 Å². The van der Waals surface area contributed by atoms with Crippen LogP contribution in [0.1, 0.15) is 51.4 Å². The first-order valence-corrected chi connectivity index (χ1v) is 12.4. The third kappa shape index (κ3) is 4.86. The Kier molecular flexibility index (Phi) is 6.53. The van der Waals surface area contributed by atoms with E-state index in [1.54, 1.807) is 12.1 Å². The van der Waals surface area contributed by atoms with Crippen LogP contribution in [-0.2, 0) is 0 Å². The highest BCUT2D eigenvalue weighted by Gasteiger charge is 2.40. The van der Waals surface area contributed by atoms with E-state index in [4.69, 9.17) is 15.5 Å². The average molecular weight is 455 g/mol. The van der Waals surface area contributed by atoms with Crippen molar-refractivity contribution in [1.82, 2.24) is 14.9 Å². The van der Waals surface area contributed by atoms with Gasteiger partial charge in [0.25, 0.3) is 0 Å². The van der Waals surface area contributed by atoms with Crippen LogP contribution >= 0.6 is 0 Å². The Hall–Kier alpha value is -2.61. The standard InChI is InChI=1S/C25H35FN6O/c1-33-22-9-8-18(14-20(22)26)28-25-29-23(27)15-24(30-25)32(19-6-4-2-3-5-7-19)21-16-31-12-10-17(21)11-13-31/h8-9,14-15,17,19,21H,2-7,10-13,16H2,1H3,(H3,27,28,29,30). The summed E-state index contributed by atoms with van der Waals surface area (Å²) >= 11 is 0. The van der Waals surface area contributed by atoms with Crippen molar-refractivity contribution < 1.29 is 9.13 Å². The van der Waals surface area contributed by atoms with E-state index in [1.807, 2.05) is 6.07 Å². The number of piperidine rings is 3. The van der Waals surface area contributed by atoms with Crippen molar-refractivity contribution in [3.63, 3.8) is 0 Å². The van der Waals surface area contributed by atoms with Gasteiger partial charge in [0.05, 0.1) is 7.11 Å². The van der Waals surface area contributed by atoms with E-state index in [1.165, 1.54) is 77.6 Å². The molecule has 2 aromatic rings. The van der Waals surface area contributed by atoms with Crippen molar-refractivity contribution in [3.05, 3.63) is 30.1 Å². The zero-order chi connectivity index (χ0) is 22.8. The summed E-state index contributed by atoms with van der Waals surface area (Å²) in [5.41, 5.74) is 6.83. The van der Waals surface area contributed by atoms with Crippen LogP contribution in [0, 0.1) is 11.7 Å². The van der Waals surface area contributed by atoms with Gasteiger partial charge in [0.1, 0.15) is 11.6 Å². The molecular weight excluding hydrogens is 419 g/mol. The van der Waals surface area contributed by atoms with Gasteiger partial charge in [0.15, 0.2) is 11.6 Å². The van der Waals surface area contributed by atoms with Crippen LogP contribution in [-0.4, -0.2) is 53.7 Å². The van der Waals surface area contributed by atoms with Gasteiger partial charge in [0.2, 0.25) is 5.95 Å². The molecular formula is C25H35FN6O. The molecule has 33 heavy (non-hydrogen) atoms. The highest BCUT2D eigenvalue weighted by atomic mass is 19.1. The maximum absolute atomic E-state index is 14.2. The molecule has 3 N–H and O–H groups in total. The number of hydrogen-bond donors (Lipinski definition) is 2. The number of nitrogens with zero attached hydrogens (tertiary/aromatic N) is 4. The first-order chi connectivity index (χ1) is 16.1. The molecule has 1 aromatic carbocycles. The smallest absolute Gasteiger partial charge is 0.231 e. The fraction of sp³-hybridized carbons (Fsp3) is 0.600. The predicted octanol–water partition coefficient (Wildman–Crippen LogP) is 4.57. The number of nitrogen functional groups attached to an aromatic ring is 1. The number of fused-ring (bicyclic) bond motifs is 3. The zero-order valence-corrected chi connectivity index (χ0v) is 19.5. The summed E-state index contributed by atoms with van der Waals surface area (Å²) in [6.07, 6.45) is 10.0. The molecule has 0 spiro atoms. The van der Waals surface area contributed by atoms with Gasteiger partial charge >= 0.3 is 0 Å². The molecule has 1 aromatic heterocycles. The maximum Gasteiger partial charge on any atom is 0.231 e. The van der Waals surface area contributed by atoms with Crippen LogP contribution in [0.4, 0.5) is 27.7 Å². The van der Waals surface area contributed by atoms with Crippen LogP contribution in [0.25, 0.3) is 0 Å². The van der Waals surface area contributed by atoms with Gasteiger partial charge in [0, 0.05) is 36.4 Å². The highest BCUT2D eigenvalue weighted by Crippen LogP contribution is 2.37. The molecule has 7 nitrogen and oxygen atoms in total. The number of hydrogen-bond acceptors (Lipinski definition) is 7. The number of ether oxygens (including phenoxy) is 1. The monoisotopic (exact) mass is 454 g/mol. The van der Waals surface area contributed by atoms with Crippen molar-refractivity contribution in [2.75, 3.05) is 42.7 Å². The predicted molar refractivity (Wildman–Crippen MR) is 130 cm³/mol. The van der Waals surface area contributed by atoms with Gasteiger partial charge in [-0.05, 0) is 56.8 Å². The molecule has 0 radical (unpaired) electrons. The molecule has 2 bridgehead atoms. The molecule has 1 saturated carbocycles. The molecule has 178 valence electrons. The number of aromatic nitrogens is 2. The van der Waals surface area contributed by atoms with Crippen LogP contribution in [0.5, 0.6) is 5.75 Å². The van der Waals surface area contributed by atoms with Crippen molar-refractivity contribution in [2.24, 2.45) is 5.92 Å². The minimum absolute atomic E-state index is 0.205. The van der Waals surface area contributed by atoms with Crippen LogP contribution in [0.2, 0.25) is 0 Å². The van der Waals surface area contributed by atoms with E-state index < -0.39 is 5.82 Å². The number of benzene rings is 1. The van der Waals surface area contributed by atoms with E-state index in [-0.39, 0.29) is 5.75 Å². The Morgan fingerprint density at radius 2 is 1.82 bits per heavy atom. The van der Waals surface area contributed by atoms with Gasteiger partial charge < -0.3 is 25.6 Å². The molecule has 0 amide bonds. The summed E-state index contributed by atoms with van der Waals surface area (Å²) in [5, 5.41) is 3.15. The second-order valence-electron chi connectivity index (χ2n) is 9.71. The van der Waals surface area contributed by atoms with E-state index in [0.29, 0.717) is 35.5 Å². The summed E-state index contributed by atoms with van der Waals surface area (Å²) < 4.78 is 19.2. The molecule has 3 aliphatic heterocycles. The summed E-state index contributed by atoms with van der Waals surface area (Å²) in [6, 6.07) is 7.58. The van der Waals surface area contributed by atoms with Crippen molar-refractivity contribution >= 4 is 23.3 Å². The quantitative estimate of drug-likeness (QED) is 0.619. The minimum atomic E-state index is -0.431. The average Bonchev–Trinajstić information content (AvgIpc) is 3.09. The Morgan fingerprint density at radius 1 is 1.06 bits per heavy atom. The highest BCUT2D eigenvalue weighted by molar-refractivity contribution is 5.60. The fourth-order valence-electron chi connectivity index (χ4n) is 5.93. The molecule has 1 aliphatic carbocycles. The molecule has 8 heteroatoms. The lowest BCUT2D eigenvalue weighted by Gasteiger charge is -2.51. The fourth-order valence-corrected chi connectivity index (χ4v) is 5.93. The third-order valence-corrected chi connectivity index (χ3v) is 7.60. The van der Waals surface area contributed by atoms with E-state index in [2.05, 4.69) is 20.1 Å². The number of halogens is 1. The summed E-state index contributed by atoms with van der Waals surface area (Å²) in [4.78, 5) is 14.5. The number of methoxy groups -OCH3 is 1. The topological polar surface area (TPSA) is 79.5 Å². The van der Waals surface area contributed by atoms with Gasteiger partial charge in [-0.15, -0.1) is 0 Å². The Balaban J connectivity index is 1.47. The lowest BCUT2D eigenvalue weighted by Crippen LogP contribution is -2.60. The molecule has 4 aliphatic rings. The second-order valence-corrected chi connectivity index (χ2v) is 9.71. The number of anilines is 4. The lowest BCUT2D eigenvalue weighted by molar-refractivity contribution is 0.0804. The Labute approximate surface area is 195 Å². The molecule has 6 rings (SSSR count). The zero-order valence-electron chi connectivity index (χ0n) is 19.5. The molecule has 1 atom stereocenters. The van der Waals surface area contributed by atoms with E-state index in [9.17, 15) is 4.39 Å². The number of nitrogens with one attached hydrogen (secondary N) is 1. The van der Waals surface area contributed by atoms with Gasteiger partial charge in [-0.3, -0.25) is 0 Å². The number of rotatable bonds is 6. The van der Waals surface area contributed by atoms with Gasteiger partial charge in [-0.1, -0.05) is 25.7 Å². The summed E-state index contributed by atoms with van der Waals surface area (Å²) in [5.74, 6) is 2.19. The van der Waals surface area contributed by atoms with E-state index >= 15 is 0 Å². The SMILES string of the molecule is COc1ccc(Nc2nc(N)cc(N(C3CCCCCC3)C3CN4CCC3CC4)n2)cc1F. The molecule has 3 saturated heterocycles. The van der Waals surface area contributed by atoms with Crippen LogP contribution in [0.15, 0.2) is 24.3 Å². The van der Waals surface area contributed by atoms with Crippen molar-refractivity contribution in [2.45, 2.75) is 63.5 Å².